The third-order valence-electron chi connectivity index (χ3n) is 3.92. The number of hydrogen-bond acceptors (Lipinski definition) is 8. The summed E-state index contributed by atoms with van der Waals surface area (Å²) < 4.78 is 5.96. The van der Waals surface area contributed by atoms with Gasteiger partial charge < -0.3 is 5.73 Å². The third-order valence-corrected chi connectivity index (χ3v) is 3.92. The SMILES string of the molecule is CC(C)c1c(C(=O)N/N=C\[C@H]2CC=CCC2)nnn1-c1nonc1N. The van der Waals surface area contributed by atoms with Gasteiger partial charge in [-0.3, -0.25) is 4.79 Å². The molecule has 0 saturated carbocycles. The van der Waals surface area contributed by atoms with Crippen LogP contribution in [0.2, 0.25) is 0 Å². The van der Waals surface area contributed by atoms with Gasteiger partial charge in [-0.1, -0.05) is 31.2 Å². The number of anilines is 1. The van der Waals surface area contributed by atoms with Gasteiger partial charge in [-0.25, -0.2) is 10.1 Å². The number of carbonyl (C=O) groups excluding carboxylic acids is 1. The molecule has 1 aliphatic carbocycles. The molecule has 0 unspecified atom stereocenters. The number of nitrogen functional groups attached to an aromatic ring is 1. The lowest BCUT2D eigenvalue weighted by Gasteiger charge is -2.11. The van der Waals surface area contributed by atoms with E-state index in [1.54, 1.807) is 6.21 Å². The number of carbonyl (C=O) groups is 1. The first-order chi connectivity index (χ1) is 12.1. The van der Waals surface area contributed by atoms with E-state index < -0.39 is 5.91 Å². The molecule has 0 aliphatic heterocycles. The molecule has 0 saturated heterocycles. The molecule has 1 atom stereocenters. The van der Waals surface area contributed by atoms with Gasteiger partial charge in [0.15, 0.2) is 5.69 Å². The van der Waals surface area contributed by atoms with Crippen molar-refractivity contribution >= 4 is 17.9 Å². The molecule has 0 spiro atoms. The Kier molecular flexibility index (Phi) is 4.87. The number of hydrazone groups is 1. The van der Waals surface area contributed by atoms with Gasteiger partial charge in [0, 0.05) is 6.21 Å². The predicted molar refractivity (Wildman–Crippen MR) is 90.2 cm³/mol. The van der Waals surface area contributed by atoms with E-state index in [1.807, 2.05) is 13.8 Å². The molecular weight excluding hydrogens is 324 g/mol. The molecule has 2 heterocycles. The van der Waals surface area contributed by atoms with E-state index in [2.05, 4.69) is 47.9 Å². The Labute approximate surface area is 144 Å². The van der Waals surface area contributed by atoms with Crippen molar-refractivity contribution in [1.29, 1.82) is 0 Å². The fraction of sp³-hybridized carbons (Fsp3) is 0.467. The molecule has 2 aromatic heterocycles. The van der Waals surface area contributed by atoms with E-state index in [0.717, 1.165) is 19.3 Å². The monoisotopic (exact) mass is 344 g/mol. The minimum Gasteiger partial charge on any atom is -0.378 e. The summed E-state index contributed by atoms with van der Waals surface area (Å²) in [6.45, 7) is 3.82. The second-order valence-electron chi connectivity index (χ2n) is 6.13. The lowest BCUT2D eigenvalue weighted by Crippen LogP contribution is -2.21. The van der Waals surface area contributed by atoms with Crippen LogP contribution in [0, 0.1) is 5.92 Å². The molecule has 2 aromatic rings. The largest absolute Gasteiger partial charge is 0.378 e. The number of nitrogens with zero attached hydrogens (tertiary/aromatic N) is 6. The molecule has 0 fully saturated rings. The van der Waals surface area contributed by atoms with Crippen LogP contribution in [0.5, 0.6) is 0 Å². The van der Waals surface area contributed by atoms with Crippen LogP contribution in [0.15, 0.2) is 21.9 Å². The Balaban J connectivity index is 1.78. The van der Waals surface area contributed by atoms with Crippen molar-refractivity contribution in [2.45, 2.75) is 39.0 Å². The topological polar surface area (TPSA) is 137 Å². The quantitative estimate of drug-likeness (QED) is 0.475. The van der Waals surface area contributed by atoms with Crippen LogP contribution in [-0.4, -0.2) is 37.4 Å². The highest BCUT2D eigenvalue weighted by Gasteiger charge is 2.25. The van der Waals surface area contributed by atoms with E-state index in [4.69, 9.17) is 5.73 Å². The first-order valence-corrected chi connectivity index (χ1v) is 8.10. The highest BCUT2D eigenvalue weighted by molar-refractivity contribution is 5.93. The maximum atomic E-state index is 12.4. The molecule has 132 valence electrons. The van der Waals surface area contributed by atoms with Crippen molar-refractivity contribution in [3.05, 3.63) is 23.5 Å². The average molecular weight is 344 g/mol. The van der Waals surface area contributed by atoms with Gasteiger partial charge in [-0.05, 0) is 41.4 Å². The number of amides is 1. The van der Waals surface area contributed by atoms with Crippen LogP contribution >= 0.6 is 0 Å². The van der Waals surface area contributed by atoms with Gasteiger partial charge in [-0.15, -0.1) is 5.10 Å². The van der Waals surface area contributed by atoms with Gasteiger partial charge in [0.05, 0.1) is 5.69 Å². The van der Waals surface area contributed by atoms with Crippen molar-refractivity contribution in [1.82, 2.24) is 30.7 Å². The van der Waals surface area contributed by atoms with Crippen molar-refractivity contribution in [3.63, 3.8) is 0 Å². The van der Waals surface area contributed by atoms with E-state index >= 15 is 0 Å². The molecule has 10 nitrogen and oxygen atoms in total. The van der Waals surface area contributed by atoms with Crippen molar-refractivity contribution in [2.75, 3.05) is 5.73 Å². The Morgan fingerprint density at radius 1 is 1.48 bits per heavy atom. The fourth-order valence-electron chi connectivity index (χ4n) is 2.67. The minimum atomic E-state index is -0.437. The smallest absolute Gasteiger partial charge is 0.293 e. The summed E-state index contributed by atoms with van der Waals surface area (Å²) in [5.41, 5.74) is 8.94. The van der Waals surface area contributed by atoms with Crippen LogP contribution in [-0.2, 0) is 0 Å². The Morgan fingerprint density at radius 2 is 2.32 bits per heavy atom. The molecule has 1 aliphatic rings. The molecule has 0 radical (unpaired) electrons. The molecular formula is C15H20N8O2. The van der Waals surface area contributed by atoms with E-state index in [-0.39, 0.29) is 23.2 Å². The maximum Gasteiger partial charge on any atom is 0.293 e. The highest BCUT2D eigenvalue weighted by Crippen LogP contribution is 2.22. The Hall–Kier alpha value is -3.04. The lowest BCUT2D eigenvalue weighted by molar-refractivity contribution is 0.0948. The summed E-state index contributed by atoms with van der Waals surface area (Å²) in [7, 11) is 0. The normalized spacial score (nSPS) is 17.5. The number of nitrogens with two attached hydrogens (primary N) is 1. The van der Waals surface area contributed by atoms with Crippen molar-refractivity contribution in [2.24, 2.45) is 11.0 Å². The van der Waals surface area contributed by atoms with Crippen LogP contribution < -0.4 is 11.2 Å². The third kappa shape index (κ3) is 3.57. The summed E-state index contributed by atoms with van der Waals surface area (Å²) in [6, 6.07) is 0. The number of rotatable bonds is 5. The number of allylic oxidation sites excluding steroid dienone is 2. The summed E-state index contributed by atoms with van der Waals surface area (Å²) >= 11 is 0. The van der Waals surface area contributed by atoms with Gasteiger partial charge in [0.2, 0.25) is 11.6 Å². The number of hydrogen-bond donors (Lipinski definition) is 2. The van der Waals surface area contributed by atoms with E-state index in [9.17, 15) is 4.79 Å². The molecule has 0 aromatic carbocycles. The summed E-state index contributed by atoms with van der Waals surface area (Å²) in [6.07, 6.45) is 9.04. The fourth-order valence-corrected chi connectivity index (χ4v) is 2.67. The first-order valence-electron chi connectivity index (χ1n) is 8.10. The summed E-state index contributed by atoms with van der Waals surface area (Å²) in [5, 5.41) is 19.2. The van der Waals surface area contributed by atoms with E-state index in [1.165, 1.54) is 4.68 Å². The molecule has 3 N–H and O–H groups in total. The first kappa shape index (κ1) is 16.8. The Bertz CT molecular complexity index is 804. The highest BCUT2D eigenvalue weighted by atomic mass is 16.6. The Morgan fingerprint density at radius 3 is 2.96 bits per heavy atom. The predicted octanol–water partition coefficient (Wildman–Crippen LogP) is 1.43. The van der Waals surface area contributed by atoms with Gasteiger partial charge in [0.1, 0.15) is 0 Å². The van der Waals surface area contributed by atoms with Crippen molar-refractivity contribution < 1.29 is 9.42 Å². The standard InChI is InChI=1S/C15H20N8O2/c1-9(2)12-11(18-22-23(12)14-13(16)20-25-21-14)15(24)19-17-8-10-6-4-3-5-7-10/h3-4,8-10H,5-7H2,1-2H3,(H2,16,20)(H,19,24)/b17-8-/t10-/m0/s1. The summed E-state index contributed by atoms with van der Waals surface area (Å²) in [5.74, 6) is 0.119. The van der Waals surface area contributed by atoms with Gasteiger partial charge in [0.25, 0.3) is 5.91 Å². The molecule has 3 rings (SSSR count). The molecule has 10 heteroatoms. The van der Waals surface area contributed by atoms with Crippen molar-refractivity contribution in [3.8, 4) is 5.82 Å². The van der Waals surface area contributed by atoms with Crippen LogP contribution in [0.4, 0.5) is 5.82 Å². The van der Waals surface area contributed by atoms with E-state index in [0.29, 0.717) is 11.6 Å². The molecule has 0 bridgehead atoms. The maximum absolute atomic E-state index is 12.4. The zero-order valence-corrected chi connectivity index (χ0v) is 14.1. The van der Waals surface area contributed by atoms with Crippen LogP contribution in [0.25, 0.3) is 5.82 Å². The second kappa shape index (κ2) is 7.24. The van der Waals surface area contributed by atoms with Crippen LogP contribution in [0.1, 0.15) is 55.2 Å². The van der Waals surface area contributed by atoms with Crippen LogP contribution in [0.3, 0.4) is 0 Å². The number of nitrogens with one attached hydrogen (secondary N) is 1. The zero-order chi connectivity index (χ0) is 17.8. The number of aromatic nitrogens is 5. The summed E-state index contributed by atoms with van der Waals surface area (Å²) in [4.78, 5) is 12.4. The lowest BCUT2D eigenvalue weighted by atomic mass is 9.96. The second-order valence-corrected chi connectivity index (χ2v) is 6.13. The minimum absolute atomic E-state index is 0.0562. The van der Waals surface area contributed by atoms with Gasteiger partial charge in [-0.2, -0.15) is 9.78 Å². The average Bonchev–Trinajstić information content (AvgIpc) is 3.21. The zero-order valence-electron chi connectivity index (χ0n) is 14.1. The van der Waals surface area contributed by atoms with Gasteiger partial charge >= 0.3 is 0 Å². The molecule has 25 heavy (non-hydrogen) atoms. The molecule has 1 amide bonds.